The van der Waals surface area contributed by atoms with Crippen molar-refractivity contribution in [2.45, 2.75) is 5.33 Å². The van der Waals surface area contributed by atoms with Gasteiger partial charge in [0, 0.05) is 17.8 Å². The van der Waals surface area contributed by atoms with Crippen LogP contribution in [0.25, 0.3) is 10.9 Å². The Balaban J connectivity index is 3.05. The number of para-hydroxylation sites is 1. The Bertz CT molecular complexity index is 575. The van der Waals surface area contributed by atoms with Gasteiger partial charge in [-0.15, -0.1) is 0 Å². The Morgan fingerprint density at radius 2 is 2.00 bits per heavy atom. The zero-order valence-electron chi connectivity index (χ0n) is 8.13. The van der Waals surface area contributed by atoms with E-state index in [-0.39, 0.29) is 5.56 Å². The number of fused-ring (bicyclic) bond motifs is 1. The van der Waals surface area contributed by atoms with Crippen molar-refractivity contribution in [1.29, 1.82) is 0 Å². The summed E-state index contributed by atoms with van der Waals surface area (Å²) in [6.07, 6.45) is 0. The van der Waals surface area contributed by atoms with E-state index in [2.05, 4.69) is 31.9 Å². The van der Waals surface area contributed by atoms with Gasteiger partial charge in [0.25, 0.3) is 5.56 Å². The van der Waals surface area contributed by atoms with Crippen LogP contribution >= 0.6 is 31.9 Å². The highest BCUT2D eigenvalue weighted by Gasteiger charge is 2.11. The van der Waals surface area contributed by atoms with Crippen LogP contribution in [0.2, 0.25) is 0 Å². The number of aryl methyl sites for hydroxylation is 1. The fraction of sp³-hybridized carbons (Fsp3) is 0.182. The predicted molar refractivity (Wildman–Crippen MR) is 69.5 cm³/mol. The van der Waals surface area contributed by atoms with Crippen molar-refractivity contribution in [1.82, 2.24) is 4.57 Å². The van der Waals surface area contributed by atoms with Crippen molar-refractivity contribution in [3.8, 4) is 0 Å². The van der Waals surface area contributed by atoms with Gasteiger partial charge in [0.2, 0.25) is 0 Å². The minimum atomic E-state index is 0.00292. The summed E-state index contributed by atoms with van der Waals surface area (Å²) in [5.41, 5.74) is 1.97. The van der Waals surface area contributed by atoms with Crippen LogP contribution in [0.5, 0.6) is 0 Å². The molecule has 2 aromatic rings. The van der Waals surface area contributed by atoms with Crippen molar-refractivity contribution >= 4 is 42.8 Å². The Kier molecular flexibility index (Phi) is 2.98. The van der Waals surface area contributed by atoms with Crippen LogP contribution in [0.1, 0.15) is 5.56 Å². The molecule has 0 radical (unpaired) electrons. The third-order valence-electron chi connectivity index (χ3n) is 2.48. The van der Waals surface area contributed by atoms with E-state index < -0.39 is 0 Å². The number of hydrogen-bond acceptors (Lipinski definition) is 1. The molecule has 0 fully saturated rings. The number of halogens is 2. The molecule has 1 aromatic heterocycles. The van der Waals surface area contributed by atoms with Crippen molar-refractivity contribution in [3.63, 3.8) is 0 Å². The van der Waals surface area contributed by atoms with E-state index in [0.29, 0.717) is 9.80 Å². The smallest absolute Gasteiger partial charge is 0.265 e. The topological polar surface area (TPSA) is 22.0 Å². The first-order valence-corrected chi connectivity index (χ1v) is 6.40. The molecule has 0 saturated heterocycles. The average molecular weight is 331 g/mol. The molecule has 1 aromatic carbocycles. The number of rotatable bonds is 1. The van der Waals surface area contributed by atoms with Crippen molar-refractivity contribution < 1.29 is 0 Å². The van der Waals surface area contributed by atoms with E-state index in [0.717, 1.165) is 16.5 Å². The fourth-order valence-corrected chi connectivity index (χ4v) is 3.23. The molecule has 0 amide bonds. The molecular formula is C11H9Br2NO. The van der Waals surface area contributed by atoms with Crippen molar-refractivity contribution in [3.05, 3.63) is 44.7 Å². The lowest BCUT2D eigenvalue weighted by molar-refractivity contribution is 0.894. The molecule has 0 aliphatic carbocycles. The van der Waals surface area contributed by atoms with Crippen molar-refractivity contribution in [2.24, 2.45) is 7.05 Å². The molecule has 0 aliphatic rings. The van der Waals surface area contributed by atoms with Gasteiger partial charge in [0.05, 0.1) is 9.99 Å². The molecule has 0 unspecified atom stereocenters. The Labute approximate surface area is 104 Å². The zero-order valence-corrected chi connectivity index (χ0v) is 11.3. The molecule has 0 atom stereocenters. The summed E-state index contributed by atoms with van der Waals surface area (Å²) in [5.74, 6) is 0. The number of pyridine rings is 1. The first kappa shape index (κ1) is 10.9. The largest absolute Gasteiger partial charge is 0.310 e. The molecule has 0 N–H and O–H groups in total. The molecule has 4 heteroatoms. The monoisotopic (exact) mass is 329 g/mol. The molecule has 2 nitrogen and oxygen atoms in total. The molecule has 1 heterocycles. The van der Waals surface area contributed by atoms with Crippen LogP contribution < -0.4 is 5.56 Å². The quantitative estimate of drug-likeness (QED) is 0.736. The molecule has 0 aliphatic heterocycles. The second kappa shape index (κ2) is 4.10. The minimum absolute atomic E-state index is 0.00292. The van der Waals surface area contributed by atoms with Crippen LogP contribution in [-0.2, 0) is 12.4 Å². The Morgan fingerprint density at radius 3 is 2.67 bits per heavy atom. The molecule has 2 rings (SSSR count). The standard InChI is InChI=1S/C11H9Br2NO/c1-14-9-5-3-2-4-7(9)8(6-12)10(13)11(14)15/h2-5H,6H2,1H3. The number of alkyl halides is 1. The highest BCUT2D eigenvalue weighted by Crippen LogP contribution is 2.24. The summed E-state index contributed by atoms with van der Waals surface area (Å²) < 4.78 is 2.30. The van der Waals surface area contributed by atoms with Crippen LogP contribution in [0.3, 0.4) is 0 Å². The van der Waals surface area contributed by atoms with Gasteiger partial charge in [-0.05, 0) is 27.6 Å². The van der Waals surface area contributed by atoms with Crippen LogP contribution in [0.15, 0.2) is 33.5 Å². The van der Waals surface area contributed by atoms with Gasteiger partial charge in [0.1, 0.15) is 0 Å². The summed E-state index contributed by atoms with van der Waals surface area (Å²) in [6.45, 7) is 0. The van der Waals surface area contributed by atoms with E-state index in [1.165, 1.54) is 0 Å². The summed E-state index contributed by atoms with van der Waals surface area (Å²) in [7, 11) is 1.79. The zero-order chi connectivity index (χ0) is 11.0. The van der Waals surface area contributed by atoms with Gasteiger partial charge in [-0.1, -0.05) is 34.1 Å². The van der Waals surface area contributed by atoms with Gasteiger partial charge in [-0.2, -0.15) is 0 Å². The highest BCUT2D eigenvalue weighted by atomic mass is 79.9. The Hall–Kier alpha value is -0.610. The second-order valence-electron chi connectivity index (χ2n) is 3.31. The third kappa shape index (κ3) is 1.66. The van der Waals surface area contributed by atoms with Gasteiger partial charge >= 0.3 is 0 Å². The lowest BCUT2D eigenvalue weighted by Gasteiger charge is -2.10. The molecule has 0 saturated carbocycles. The van der Waals surface area contributed by atoms with Crippen LogP contribution in [0, 0.1) is 0 Å². The number of benzene rings is 1. The predicted octanol–water partition coefficient (Wildman–Crippen LogP) is 3.20. The van der Waals surface area contributed by atoms with Crippen LogP contribution in [-0.4, -0.2) is 4.57 Å². The van der Waals surface area contributed by atoms with E-state index in [1.54, 1.807) is 11.6 Å². The van der Waals surface area contributed by atoms with E-state index in [1.807, 2.05) is 24.3 Å². The third-order valence-corrected chi connectivity index (χ3v) is 3.86. The summed E-state index contributed by atoms with van der Waals surface area (Å²) in [5, 5.41) is 1.77. The number of hydrogen-bond donors (Lipinski definition) is 0. The normalized spacial score (nSPS) is 10.9. The van der Waals surface area contributed by atoms with Gasteiger partial charge in [0.15, 0.2) is 0 Å². The van der Waals surface area contributed by atoms with Crippen LogP contribution in [0.4, 0.5) is 0 Å². The maximum absolute atomic E-state index is 11.9. The summed E-state index contributed by atoms with van der Waals surface area (Å²) in [6, 6.07) is 7.89. The maximum atomic E-state index is 11.9. The fourth-order valence-electron chi connectivity index (χ4n) is 1.66. The number of nitrogens with zero attached hydrogens (tertiary/aromatic N) is 1. The molecule has 0 spiro atoms. The number of aromatic nitrogens is 1. The lowest BCUT2D eigenvalue weighted by atomic mass is 10.1. The minimum Gasteiger partial charge on any atom is -0.310 e. The second-order valence-corrected chi connectivity index (χ2v) is 4.66. The lowest BCUT2D eigenvalue weighted by Crippen LogP contribution is -2.19. The van der Waals surface area contributed by atoms with Gasteiger partial charge in [-0.3, -0.25) is 4.79 Å². The van der Waals surface area contributed by atoms with E-state index >= 15 is 0 Å². The molecular weight excluding hydrogens is 322 g/mol. The summed E-state index contributed by atoms with van der Waals surface area (Å²) >= 11 is 6.76. The first-order valence-electron chi connectivity index (χ1n) is 4.49. The van der Waals surface area contributed by atoms with E-state index in [4.69, 9.17) is 0 Å². The SMILES string of the molecule is Cn1c(=O)c(Br)c(CBr)c2ccccc21. The van der Waals surface area contributed by atoms with Gasteiger partial charge in [-0.25, -0.2) is 0 Å². The Morgan fingerprint density at radius 1 is 1.33 bits per heavy atom. The van der Waals surface area contributed by atoms with E-state index in [9.17, 15) is 4.79 Å². The maximum Gasteiger partial charge on any atom is 0.265 e. The highest BCUT2D eigenvalue weighted by molar-refractivity contribution is 9.10. The molecule has 0 bridgehead atoms. The first-order chi connectivity index (χ1) is 7.16. The summed E-state index contributed by atoms with van der Waals surface area (Å²) in [4.78, 5) is 11.9. The van der Waals surface area contributed by atoms with Gasteiger partial charge < -0.3 is 4.57 Å². The average Bonchev–Trinajstić information content (AvgIpc) is 2.27. The van der Waals surface area contributed by atoms with Crippen molar-refractivity contribution in [2.75, 3.05) is 0 Å². The molecule has 78 valence electrons. The molecule has 15 heavy (non-hydrogen) atoms.